The molecule has 0 aliphatic carbocycles. The molecule has 0 fully saturated rings. The molecule has 132 valence electrons. The molecule has 23 heavy (non-hydrogen) atoms. The predicted octanol–water partition coefficient (Wildman–Crippen LogP) is 3.44. The first-order valence-electron chi connectivity index (χ1n) is 7.74. The van der Waals surface area contributed by atoms with Crippen LogP contribution in [0.15, 0.2) is 11.8 Å². The van der Waals surface area contributed by atoms with Gasteiger partial charge < -0.3 is 19.0 Å². The van der Waals surface area contributed by atoms with E-state index >= 15 is 0 Å². The molecule has 0 radical (unpaired) electrons. The fourth-order valence-electron chi connectivity index (χ4n) is 2.04. The molecule has 0 aromatic carbocycles. The van der Waals surface area contributed by atoms with Crippen LogP contribution in [0.2, 0.25) is 18.1 Å². The van der Waals surface area contributed by atoms with Crippen molar-refractivity contribution in [3.8, 4) is 0 Å². The van der Waals surface area contributed by atoms with E-state index in [0.29, 0.717) is 5.76 Å². The van der Waals surface area contributed by atoms with E-state index in [9.17, 15) is 9.59 Å². The highest BCUT2D eigenvalue weighted by Crippen LogP contribution is 2.38. The largest absolute Gasteiger partial charge is 0.481 e. The van der Waals surface area contributed by atoms with Crippen LogP contribution in [-0.2, 0) is 23.5 Å². The molecule has 1 N–H and O–H groups in total. The Morgan fingerprint density at radius 2 is 1.91 bits per heavy atom. The standard InChI is InChI=1S/C16H28O6Si/c1-15(2,3)23(6,7)22-12(9-13(17)18)8-11-10-14(19)21-16(4,5)20-11/h10,12H,8-9H2,1-7H3,(H,17,18)/t12-/m0/s1. The fourth-order valence-corrected chi connectivity index (χ4v) is 3.39. The van der Waals surface area contributed by atoms with E-state index in [1.165, 1.54) is 6.08 Å². The number of carbonyl (C=O) groups is 2. The van der Waals surface area contributed by atoms with Crippen molar-refractivity contribution < 1.29 is 28.6 Å². The highest BCUT2D eigenvalue weighted by molar-refractivity contribution is 6.74. The lowest BCUT2D eigenvalue weighted by molar-refractivity contribution is -0.206. The molecule has 1 rings (SSSR count). The molecule has 0 bridgehead atoms. The number of aliphatic carboxylic acids is 1. The fraction of sp³-hybridized carbons (Fsp3) is 0.750. The summed E-state index contributed by atoms with van der Waals surface area (Å²) in [6.45, 7) is 13.7. The van der Waals surface area contributed by atoms with Crippen molar-refractivity contribution in [2.24, 2.45) is 0 Å². The highest BCUT2D eigenvalue weighted by atomic mass is 28.4. The monoisotopic (exact) mass is 344 g/mol. The molecule has 0 aromatic rings. The molecule has 6 nitrogen and oxygen atoms in total. The Kier molecular flexibility index (Phi) is 5.69. The number of esters is 1. The van der Waals surface area contributed by atoms with E-state index in [4.69, 9.17) is 19.0 Å². The third-order valence-corrected chi connectivity index (χ3v) is 8.64. The van der Waals surface area contributed by atoms with Crippen molar-refractivity contribution in [2.45, 2.75) is 77.5 Å². The van der Waals surface area contributed by atoms with Crippen LogP contribution in [-0.4, -0.2) is 37.3 Å². The lowest BCUT2D eigenvalue weighted by atomic mass is 10.1. The molecule has 0 unspecified atom stereocenters. The first-order chi connectivity index (χ1) is 10.2. The van der Waals surface area contributed by atoms with E-state index in [2.05, 4.69) is 33.9 Å². The summed E-state index contributed by atoms with van der Waals surface area (Å²) < 4.78 is 16.9. The number of ether oxygens (including phenoxy) is 2. The van der Waals surface area contributed by atoms with Gasteiger partial charge in [-0.1, -0.05) is 20.8 Å². The van der Waals surface area contributed by atoms with Crippen molar-refractivity contribution >= 4 is 20.3 Å². The molecule has 0 amide bonds. The van der Waals surface area contributed by atoms with Gasteiger partial charge in [-0.25, -0.2) is 4.79 Å². The Morgan fingerprint density at radius 3 is 2.35 bits per heavy atom. The van der Waals surface area contributed by atoms with Gasteiger partial charge in [0.1, 0.15) is 5.76 Å². The van der Waals surface area contributed by atoms with Crippen molar-refractivity contribution in [3.05, 3.63) is 11.8 Å². The molecule has 1 atom stereocenters. The molecule has 1 heterocycles. The van der Waals surface area contributed by atoms with Crippen LogP contribution < -0.4 is 0 Å². The Morgan fingerprint density at radius 1 is 1.35 bits per heavy atom. The average molecular weight is 344 g/mol. The Labute approximate surface area is 138 Å². The second kappa shape index (κ2) is 6.65. The van der Waals surface area contributed by atoms with E-state index in [0.717, 1.165) is 0 Å². The summed E-state index contributed by atoms with van der Waals surface area (Å²) in [5.41, 5.74) is 0. The van der Waals surface area contributed by atoms with Gasteiger partial charge in [-0.2, -0.15) is 0 Å². The average Bonchev–Trinajstić information content (AvgIpc) is 2.21. The van der Waals surface area contributed by atoms with Crippen LogP contribution in [0.5, 0.6) is 0 Å². The number of carboxylic acids is 1. The number of carboxylic acid groups (broad SMARTS) is 1. The van der Waals surface area contributed by atoms with Gasteiger partial charge >= 0.3 is 11.9 Å². The molecule has 0 spiro atoms. The number of rotatable bonds is 6. The maximum atomic E-state index is 11.6. The SMILES string of the molecule is CC1(C)OC(=O)C=C(C[C@@H](CC(=O)O)O[Si](C)(C)C(C)(C)C)O1. The normalized spacial score (nSPS) is 19.4. The maximum Gasteiger partial charge on any atom is 0.337 e. The lowest BCUT2D eigenvalue weighted by Gasteiger charge is -2.39. The van der Waals surface area contributed by atoms with Gasteiger partial charge in [-0.15, -0.1) is 0 Å². The van der Waals surface area contributed by atoms with Crippen molar-refractivity contribution in [3.63, 3.8) is 0 Å². The minimum atomic E-state index is -2.13. The van der Waals surface area contributed by atoms with E-state index in [-0.39, 0.29) is 17.9 Å². The van der Waals surface area contributed by atoms with Crippen molar-refractivity contribution in [2.75, 3.05) is 0 Å². The lowest BCUT2D eigenvalue weighted by Crippen LogP contribution is -2.45. The maximum absolute atomic E-state index is 11.6. The molecule has 0 saturated carbocycles. The Balaban J connectivity index is 2.92. The van der Waals surface area contributed by atoms with Gasteiger partial charge in [0, 0.05) is 20.3 Å². The zero-order valence-electron chi connectivity index (χ0n) is 15.1. The summed E-state index contributed by atoms with van der Waals surface area (Å²) in [5, 5.41) is 9.11. The van der Waals surface area contributed by atoms with Gasteiger partial charge in [0.2, 0.25) is 5.79 Å². The molecule has 7 heteroatoms. The van der Waals surface area contributed by atoms with Crippen LogP contribution in [0.25, 0.3) is 0 Å². The number of hydrogen-bond acceptors (Lipinski definition) is 5. The van der Waals surface area contributed by atoms with Crippen LogP contribution in [0, 0.1) is 0 Å². The van der Waals surface area contributed by atoms with Crippen LogP contribution in [0.3, 0.4) is 0 Å². The first kappa shape index (κ1) is 19.7. The molecule has 0 aromatic heterocycles. The van der Waals surface area contributed by atoms with Crippen LogP contribution in [0.4, 0.5) is 0 Å². The van der Waals surface area contributed by atoms with Crippen molar-refractivity contribution in [1.29, 1.82) is 0 Å². The molecular formula is C16H28O6Si. The van der Waals surface area contributed by atoms with Crippen LogP contribution in [0.1, 0.15) is 47.5 Å². The van der Waals surface area contributed by atoms with E-state index in [1.54, 1.807) is 13.8 Å². The van der Waals surface area contributed by atoms with Gasteiger partial charge in [0.05, 0.1) is 18.6 Å². The predicted molar refractivity (Wildman–Crippen MR) is 88.3 cm³/mol. The summed E-state index contributed by atoms with van der Waals surface area (Å²) in [4.78, 5) is 22.8. The second-order valence-electron chi connectivity index (χ2n) is 7.84. The smallest absolute Gasteiger partial charge is 0.337 e. The third kappa shape index (κ3) is 5.99. The molecule has 1 aliphatic heterocycles. The number of hydrogen-bond donors (Lipinski definition) is 1. The second-order valence-corrected chi connectivity index (χ2v) is 12.6. The quantitative estimate of drug-likeness (QED) is 0.587. The summed E-state index contributed by atoms with van der Waals surface area (Å²) in [5.74, 6) is -2.08. The summed E-state index contributed by atoms with van der Waals surface area (Å²) in [6, 6.07) is 0. The molecule has 0 saturated heterocycles. The summed E-state index contributed by atoms with van der Waals surface area (Å²) in [6.07, 6.45) is 0.816. The first-order valence-corrected chi connectivity index (χ1v) is 10.6. The Bertz CT molecular complexity index is 501. The minimum absolute atomic E-state index is 0.0379. The number of carbonyl (C=O) groups excluding carboxylic acids is 1. The van der Waals surface area contributed by atoms with Gasteiger partial charge in [-0.05, 0) is 18.1 Å². The van der Waals surface area contributed by atoms with E-state index in [1.807, 2.05) is 0 Å². The van der Waals surface area contributed by atoms with Crippen LogP contribution >= 0.6 is 0 Å². The zero-order chi connectivity index (χ0) is 18.1. The van der Waals surface area contributed by atoms with E-state index < -0.39 is 32.1 Å². The summed E-state index contributed by atoms with van der Waals surface area (Å²) in [7, 11) is -2.13. The van der Waals surface area contributed by atoms with Gasteiger partial charge in [-0.3, -0.25) is 4.79 Å². The summed E-state index contributed by atoms with van der Waals surface area (Å²) >= 11 is 0. The minimum Gasteiger partial charge on any atom is -0.481 e. The highest BCUT2D eigenvalue weighted by Gasteiger charge is 2.40. The Hall–Kier alpha value is -1.34. The topological polar surface area (TPSA) is 82.1 Å². The third-order valence-electron chi connectivity index (χ3n) is 4.10. The van der Waals surface area contributed by atoms with Crippen molar-refractivity contribution in [1.82, 2.24) is 0 Å². The molecule has 1 aliphatic rings. The zero-order valence-corrected chi connectivity index (χ0v) is 16.1. The number of cyclic esters (lactones) is 1. The molecular weight excluding hydrogens is 316 g/mol. The van der Waals surface area contributed by atoms with Gasteiger partial charge in [0.25, 0.3) is 0 Å². The van der Waals surface area contributed by atoms with Gasteiger partial charge in [0.15, 0.2) is 8.32 Å².